The number of carbonyl (C=O) groups excluding carboxylic acids is 1. The highest BCUT2D eigenvalue weighted by Crippen LogP contribution is 2.25. The first-order valence-electron chi connectivity index (χ1n) is 6.57. The highest BCUT2D eigenvalue weighted by molar-refractivity contribution is 8.01. The Kier molecular flexibility index (Phi) is 5.64. The molecule has 21 heavy (non-hydrogen) atoms. The molecule has 0 aliphatic carbocycles. The number of para-hydroxylation sites is 1. The van der Waals surface area contributed by atoms with Crippen molar-refractivity contribution in [2.24, 2.45) is 0 Å². The van der Waals surface area contributed by atoms with E-state index < -0.39 is 0 Å². The summed E-state index contributed by atoms with van der Waals surface area (Å²) in [5.41, 5.74) is 1.97. The third kappa shape index (κ3) is 4.47. The first-order chi connectivity index (χ1) is 10.1. The van der Waals surface area contributed by atoms with E-state index in [2.05, 4.69) is 10.3 Å². The Morgan fingerprint density at radius 1 is 1.48 bits per heavy atom. The van der Waals surface area contributed by atoms with Crippen molar-refractivity contribution in [1.82, 2.24) is 10.3 Å². The Labute approximate surface area is 132 Å². The van der Waals surface area contributed by atoms with Crippen LogP contribution in [0.15, 0.2) is 34.0 Å². The van der Waals surface area contributed by atoms with Crippen LogP contribution < -0.4 is 10.1 Å². The van der Waals surface area contributed by atoms with Gasteiger partial charge in [0, 0.05) is 16.6 Å². The van der Waals surface area contributed by atoms with E-state index in [0.717, 1.165) is 21.3 Å². The number of thioether (sulfide) groups is 1. The molecule has 0 aliphatic heterocycles. The van der Waals surface area contributed by atoms with Crippen molar-refractivity contribution in [3.63, 3.8) is 0 Å². The number of nitrogens with one attached hydrogen (secondary N) is 1. The average molecular weight is 322 g/mol. The lowest BCUT2D eigenvalue weighted by Gasteiger charge is -2.16. The van der Waals surface area contributed by atoms with E-state index in [1.807, 2.05) is 43.5 Å². The molecule has 2 rings (SSSR count). The molecule has 2 aromatic rings. The molecule has 0 saturated heterocycles. The lowest BCUT2D eigenvalue weighted by atomic mass is 10.1. The third-order valence-corrected chi connectivity index (χ3v) is 5.05. The summed E-state index contributed by atoms with van der Waals surface area (Å²) in [4.78, 5) is 16.3. The van der Waals surface area contributed by atoms with Crippen LogP contribution in [0.2, 0.25) is 0 Å². The molecule has 0 radical (unpaired) electrons. The topological polar surface area (TPSA) is 51.2 Å². The Hall–Kier alpha value is -1.53. The van der Waals surface area contributed by atoms with Crippen molar-refractivity contribution in [3.05, 3.63) is 40.9 Å². The predicted octanol–water partition coefficient (Wildman–Crippen LogP) is 3.43. The van der Waals surface area contributed by atoms with Crippen LogP contribution in [0, 0.1) is 6.92 Å². The molecule has 0 saturated carbocycles. The van der Waals surface area contributed by atoms with Crippen LogP contribution >= 0.6 is 23.1 Å². The summed E-state index contributed by atoms with van der Waals surface area (Å²) in [5.74, 6) is 1.15. The fourth-order valence-corrected chi connectivity index (χ4v) is 3.57. The van der Waals surface area contributed by atoms with E-state index in [9.17, 15) is 4.79 Å². The number of aryl methyl sites for hydroxylation is 1. The summed E-state index contributed by atoms with van der Waals surface area (Å²) in [6, 6.07) is 7.62. The van der Waals surface area contributed by atoms with Gasteiger partial charge in [0.05, 0.1) is 18.9 Å². The molecule has 0 spiro atoms. The van der Waals surface area contributed by atoms with Crippen molar-refractivity contribution in [1.29, 1.82) is 0 Å². The number of rotatable bonds is 6. The molecule has 6 heteroatoms. The largest absolute Gasteiger partial charge is 0.496 e. The van der Waals surface area contributed by atoms with Gasteiger partial charge in [0.1, 0.15) is 5.75 Å². The molecule has 0 bridgehead atoms. The van der Waals surface area contributed by atoms with Crippen molar-refractivity contribution < 1.29 is 9.53 Å². The Morgan fingerprint density at radius 3 is 2.90 bits per heavy atom. The molecule has 0 fully saturated rings. The van der Waals surface area contributed by atoms with Gasteiger partial charge in [-0.1, -0.05) is 30.0 Å². The molecule has 1 amide bonds. The first-order valence-corrected chi connectivity index (χ1v) is 8.44. The van der Waals surface area contributed by atoms with Gasteiger partial charge in [0.25, 0.3) is 0 Å². The summed E-state index contributed by atoms with van der Waals surface area (Å²) in [6.45, 7) is 3.90. The molecule has 1 unspecified atom stereocenters. The minimum Gasteiger partial charge on any atom is -0.496 e. The van der Waals surface area contributed by atoms with Crippen LogP contribution in [-0.4, -0.2) is 23.8 Å². The molecular formula is C15H18N2O2S2. The van der Waals surface area contributed by atoms with Crippen LogP contribution in [0.3, 0.4) is 0 Å². The van der Waals surface area contributed by atoms with Crippen LogP contribution in [0.25, 0.3) is 0 Å². The summed E-state index contributed by atoms with van der Waals surface area (Å²) in [7, 11) is 1.63. The number of ether oxygens (including phenoxy) is 1. The zero-order valence-corrected chi connectivity index (χ0v) is 13.9. The molecule has 1 atom stereocenters. The van der Waals surface area contributed by atoms with E-state index in [1.54, 1.807) is 18.4 Å². The zero-order valence-electron chi connectivity index (χ0n) is 12.3. The predicted molar refractivity (Wildman–Crippen MR) is 87.1 cm³/mol. The number of carbonyl (C=O) groups is 1. The molecule has 1 aromatic heterocycles. The van der Waals surface area contributed by atoms with Gasteiger partial charge in [-0.3, -0.25) is 4.79 Å². The number of methoxy groups -OCH3 is 1. The van der Waals surface area contributed by atoms with Crippen molar-refractivity contribution in [3.8, 4) is 5.75 Å². The summed E-state index contributed by atoms with van der Waals surface area (Å²) >= 11 is 3.03. The molecule has 4 nitrogen and oxygen atoms in total. The van der Waals surface area contributed by atoms with Crippen LogP contribution in [0.1, 0.15) is 24.2 Å². The van der Waals surface area contributed by atoms with Gasteiger partial charge >= 0.3 is 0 Å². The number of aromatic nitrogens is 1. The van der Waals surface area contributed by atoms with Gasteiger partial charge in [-0.2, -0.15) is 0 Å². The molecule has 1 heterocycles. The minimum absolute atomic E-state index is 0.00809. The maximum atomic E-state index is 12.0. The van der Waals surface area contributed by atoms with E-state index in [-0.39, 0.29) is 11.9 Å². The average Bonchev–Trinajstić information content (AvgIpc) is 2.90. The maximum absolute atomic E-state index is 12.0. The lowest BCUT2D eigenvalue weighted by Crippen LogP contribution is -2.28. The lowest BCUT2D eigenvalue weighted by molar-refractivity contribution is -0.119. The summed E-state index contributed by atoms with van der Waals surface area (Å²) in [5, 5.41) is 4.97. The second-order valence-corrected chi connectivity index (χ2v) is 6.66. The Bertz CT molecular complexity index is 613. The van der Waals surface area contributed by atoms with Gasteiger partial charge in [-0.15, -0.1) is 11.3 Å². The molecule has 112 valence electrons. The Balaban J connectivity index is 1.89. The number of hydrogen-bond acceptors (Lipinski definition) is 5. The smallest absolute Gasteiger partial charge is 0.230 e. The van der Waals surface area contributed by atoms with Gasteiger partial charge in [-0.25, -0.2) is 4.98 Å². The minimum atomic E-state index is -0.0905. The number of nitrogens with zero attached hydrogens (tertiary/aromatic N) is 1. The van der Waals surface area contributed by atoms with Gasteiger partial charge in [0.15, 0.2) is 4.34 Å². The second kappa shape index (κ2) is 7.47. The highest BCUT2D eigenvalue weighted by atomic mass is 32.2. The van der Waals surface area contributed by atoms with E-state index in [4.69, 9.17) is 4.74 Å². The van der Waals surface area contributed by atoms with Crippen LogP contribution in [0.4, 0.5) is 0 Å². The second-order valence-electron chi connectivity index (χ2n) is 4.57. The number of benzene rings is 1. The van der Waals surface area contributed by atoms with E-state index in [1.165, 1.54) is 11.8 Å². The number of hydrogen-bond donors (Lipinski definition) is 1. The zero-order chi connectivity index (χ0) is 15.2. The summed E-state index contributed by atoms with van der Waals surface area (Å²) < 4.78 is 6.24. The SMILES string of the molecule is COc1ccccc1C(C)NC(=O)CSc1nc(C)cs1. The van der Waals surface area contributed by atoms with Crippen LogP contribution in [-0.2, 0) is 4.79 Å². The third-order valence-electron chi connectivity index (χ3n) is 2.91. The molecule has 1 aromatic carbocycles. The monoisotopic (exact) mass is 322 g/mol. The van der Waals surface area contributed by atoms with Crippen molar-refractivity contribution >= 4 is 29.0 Å². The molecule has 1 N–H and O–H groups in total. The van der Waals surface area contributed by atoms with E-state index in [0.29, 0.717) is 5.75 Å². The van der Waals surface area contributed by atoms with Gasteiger partial charge in [-0.05, 0) is 19.9 Å². The van der Waals surface area contributed by atoms with Crippen molar-refractivity contribution in [2.75, 3.05) is 12.9 Å². The Morgan fingerprint density at radius 2 is 2.24 bits per heavy atom. The molecular weight excluding hydrogens is 304 g/mol. The van der Waals surface area contributed by atoms with E-state index >= 15 is 0 Å². The maximum Gasteiger partial charge on any atom is 0.230 e. The number of thiazole rings is 1. The summed E-state index contributed by atoms with van der Waals surface area (Å²) in [6.07, 6.45) is 0. The standard InChI is InChI=1S/C15H18N2O2S2/c1-10-8-20-15(16-10)21-9-14(18)17-11(2)12-6-4-5-7-13(12)19-3/h4-8,11H,9H2,1-3H3,(H,17,18). The number of amides is 1. The fourth-order valence-electron chi connectivity index (χ4n) is 1.91. The first kappa shape index (κ1) is 15.9. The van der Waals surface area contributed by atoms with Gasteiger partial charge in [0.2, 0.25) is 5.91 Å². The van der Waals surface area contributed by atoms with Gasteiger partial charge < -0.3 is 10.1 Å². The normalized spacial score (nSPS) is 12.0. The van der Waals surface area contributed by atoms with Crippen LogP contribution in [0.5, 0.6) is 5.75 Å². The fraction of sp³-hybridized carbons (Fsp3) is 0.333. The molecule has 0 aliphatic rings. The quantitative estimate of drug-likeness (QED) is 0.828. The highest BCUT2D eigenvalue weighted by Gasteiger charge is 2.14. The van der Waals surface area contributed by atoms with Crippen molar-refractivity contribution in [2.45, 2.75) is 24.2 Å².